The van der Waals surface area contributed by atoms with Crippen LogP contribution in [0.1, 0.15) is 19.8 Å². The highest BCUT2D eigenvalue weighted by Crippen LogP contribution is 2.27. The number of benzene rings is 2. The summed E-state index contributed by atoms with van der Waals surface area (Å²) < 4.78 is 33.1. The smallest absolute Gasteiger partial charge is 0.264 e. The summed E-state index contributed by atoms with van der Waals surface area (Å²) in [6.45, 7) is 3.20. The Morgan fingerprint density at radius 3 is 2.61 bits per heavy atom. The number of anilines is 1. The lowest BCUT2D eigenvalue weighted by molar-refractivity contribution is -0.131. The van der Waals surface area contributed by atoms with Crippen LogP contribution in [0.5, 0.6) is 5.75 Å². The maximum atomic E-state index is 13.3. The van der Waals surface area contributed by atoms with Crippen molar-refractivity contribution in [2.75, 3.05) is 31.0 Å². The Bertz CT molecular complexity index is 915. The number of rotatable bonds is 6. The van der Waals surface area contributed by atoms with Crippen LogP contribution in [0.3, 0.4) is 0 Å². The van der Waals surface area contributed by atoms with Crippen LogP contribution >= 0.6 is 0 Å². The minimum absolute atomic E-state index is 0.151. The molecule has 1 fully saturated rings. The van der Waals surface area contributed by atoms with E-state index in [-0.39, 0.29) is 17.3 Å². The van der Waals surface area contributed by atoms with Crippen LogP contribution in [-0.2, 0) is 14.8 Å². The molecule has 0 bridgehead atoms. The zero-order chi connectivity index (χ0) is 20.1. The Morgan fingerprint density at radius 1 is 1.18 bits per heavy atom. The van der Waals surface area contributed by atoms with Gasteiger partial charge in [0.15, 0.2) is 0 Å². The molecule has 0 unspecified atom stereocenters. The van der Waals surface area contributed by atoms with E-state index in [9.17, 15) is 13.2 Å². The van der Waals surface area contributed by atoms with E-state index >= 15 is 0 Å². The molecule has 1 atom stereocenters. The summed E-state index contributed by atoms with van der Waals surface area (Å²) in [5.74, 6) is 0.771. The van der Waals surface area contributed by atoms with Crippen molar-refractivity contribution >= 4 is 21.6 Å². The Morgan fingerprint density at radius 2 is 1.93 bits per heavy atom. The first-order chi connectivity index (χ1) is 13.4. The SMILES string of the molecule is COc1cccc(N(CC(=O)N2CCC[C@H](C)C2)S(=O)(=O)c2ccccc2)c1. The average molecular weight is 403 g/mol. The molecule has 2 aromatic rings. The highest BCUT2D eigenvalue weighted by molar-refractivity contribution is 7.92. The first kappa shape index (κ1) is 20.2. The summed E-state index contributed by atoms with van der Waals surface area (Å²) in [6, 6.07) is 14.9. The van der Waals surface area contributed by atoms with Crippen molar-refractivity contribution in [2.45, 2.75) is 24.7 Å². The molecule has 3 rings (SSSR count). The van der Waals surface area contributed by atoms with E-state index in [1.165, 1.54) is 23.5 Å². The Balaban J connectivity index is 1.96. The van der Waals surface area contributed by atoms with Gasteiger partial charge in [-0.3, -0.25) is 9.10 Å². The summed E-state index contributed by atoms with van der Waals surface area (Å²) in [4.78, 5) is 14.9. The minimum atomic E-state index is -3.90. The second kappa shape index (κ2) is 8.65. The highest BCUT2D eigenvalue weighted by Gasteiger charge is 2.30. The van der Waals surface area contributed by atoms with Crippen molar-refractivity contribution in [1.29, 1.82) is 0 Å². The molecule has 28 heavy (non-hydrogen) atoms. The number of piperidine rings is 1. The van der Waals surface area contributed by atoms with Gasteiger partial charge in [-0.1, -0.05) is 31.2 Å². The van der Waals surface area contributed by atoms with Gasteiger partial charge in [0.05, 0.1) is 17.7 Å². The van der Waals surface area contributed by atoms with E-state index in [4.69, 9.17) is 4.74 Å². The van der Waals surface area contributed by atoms with Gasteiger partial charge in [-0.15, -0.1) is 0 Å². The summed E-state index contributed by atoms with van der Waals surface area (Å²) in [5.41, 5.74) is 0.404. The van der Waals surface area contributed by atoms with E-state index in [2.05, 4.69) is 6.92 Å². The molecule has 7 heteroatoms. The summed E-state index contributed by atoms with van der Waals surface area (Å²) in [5, 5.41) is 0. The molecule has 0 radical (unpaired) electrons. The van der Waals surface area contributed by atoms with Gasteiger partial charge in [0.25, 0.3) is 10.0 Å². The van der Waals surface area contributed by atoms with Crippen molar-refractivity contribution in [3.8, 4) is 5.75 Å². The second-order valence-electron chi connectivity index (χ2n) is 7.11. The lowest BCUT2D eigenvalue weighted by Crippen LogP contribution is -2.46. The fourth-order valence-corrected chi connectivity index (χ4v) is 4.87. The first-order valence-corrected chi connectivity index (χ1v) is 10.9. The van der Waals surface area contributed by atoms with Crippen LogP contribution < -0.4 is 9.04 Å². The van der Waals surface area contributed by atoms with Crippen LogP contribution in [0.2, 0.25) is 0 Å². The fourth-order valence-electron chi connectivity index (χ4n) is 3.44. The summed E-state index contributed by atoms with van der Waals surface area (Å²) in [7, 11) is -2.37. The minimum Gasteiger partial charge on any atom is -0.497 e. The van der Waals surface area contributed by atoms with Crippen LogP contribution in [0.4, 0.5) is 5.69 Å². The predicted octanol–water partition coefficient (Wildman–Crippen LogP) is 3.15. The molecule has 1 amide bonds. The molecule has 0 saturated carbocycles. The molecule has 1 aliphatic heterocycles. The third-order valence-corrected chi connectivity index (χ3v) is 6.75. The third kappa shape index (κ3) is 4.47. The van der Waals surface area contributed by atoms with Crippen molar-refractivity contribution < 1.29 is 17.9 Å². The highest BCUT2D eigenvalue weighted by atomic mass is 32.2. The van der Waals surface area contributed by atoms with Gasteiger partial charge < -0.3 is 9.64 Å². The largest absolute Gasteiger partial charge is 0.497 e. The van der Waals surface area contributed by atoms with Gasteiger partial charge in [-0.25, -0.2) is 8.42 Å². The van der Waals surface area contributed by atoms with Crippen LogP contribution in [0.15, 0.2) is 59.5 Å². The lowest BCUT2D eigenvalue weighted by Gasteiger charge is -2.33. The van der Waals surface area contributed by atoms with Gasteiger partial charge >= 0.3 is 0 Å². The molecule has 6 nitrogen and oxygen atoms in total. The number of hydrogen-bond acceptors (Lipinski definition) is 4. The van der Waals surface area contributed by atoms with E-state index in [0.717, 1.165) is 12.8 Å². The number of hydrogen-bond donors (Lipinski definition) is 0. The van der Waals surface area contributed by atoms with Gasteiger partial charge in [-0.05, 0) is 43.0 Å². The second-order valence-corrected chi connectivity index (χ2v) is 8.98. The van der Waals surface area contributed by atoms with Crippen LogP contribution in [0, 0.1) is 5.92 Å². The van der Waals surface area contributed by atoms with E-state index in [1.807, 2.05) is 0 Å². The lowest BCUT2D eigenvalue weighted by atomic mass is 10.0. The number of sulfonamides is 1. The molecule has 1 saturated heterocycles. The quantitative estimate of drug-likeness (QED) is 0.744. The number of carbonyl (C=O) groups excluding carboxylic acids is 1. The maximum Gasteiger partial charge on any atom is 0.264 e. The summed E-state index contributed by atoms with van der Waals surface area (Å²) >= 11 is 0. The normalized spacial score (nSPS) is 17.2. The molecular formula is C21H26N2O4S. The van der Waals surface area contributed by atoms with Gasteiger partial charge in [0, 0.05) is 19.2 Å². The zero-order valence-corrected chi connectivity index (χ0v) is 17.1. The number of methoxy groups -OCH3 is 1. The standard InChI is InChI=1S/C21H26N2O4S/c1-17-8-7-13-22(15-17)21(24)16-23(18-9-6-10-19(14-18)27-2)28(25,26)20-11-4-3-5-12-20/h3-6,9-12,14,17H,7-8,13,15-16H2,1-2H3/t17-/m0/s1. The third-order valence-electron chi connectivity index (χ3n) is 4.96. The van der Waals surface area contributed by atoms with Gasteiger partial charge in [0.2, 0.25) is 5.91 Å². The molecule has 150 valence electrons. The number of likely N-dealkylation sites (tertiary alicyclic amines) is 1. The Hall–Kier alpha value is -2.54. The molecule has 1 aliphatic rings. The number of ether oxygens (including phenoxy) is 1. The molecule has 0 N–H and O–H groups in total. The predicted molar refractivity (Wildman–Crippen MR) is 109 cm³/mol. The molecule has 1 heterocycles. The zero-order valence-electron chi connectivity index (χ0n) is 16.2. The van der Waals surface area contributed by atoms with Gasteiger partial charge in [-0.2, -0.15) is 0 Å². The number of carbonyl (C=O) groups is 1. The number of nitrogens with zero attached hydrogens (tertiary/aromatic N) is 2. The Kier molecular flexibility index (Phi) is 6.24. The van der Waals surface area contributed by atoms with E-state index < -0.39 is 10.0 Å². The van der Waals surface area contributed by atoms with Crippen LogP contribution in [0.25, 0.3) is 0 Å². The fraction of sp³-hybridized carbons (Fsp3) is 0.381. The van der Waals surface area contributed by atoms with Crippen molar-refractivity contribution in [2.24, 2.45) is 5.92 Å². The molecule has 0 aromatic heterocycles. The maximum absolute atomic E-state index is 13.3. The van der Waals surface area contributed by atoms with Crippen molar-refractivity contribution in [1.82, 2.24) is 4.90 Å². The topological polar surface area (TPSA) is 66.9 Å². The van der Waals surface area contributed by atoms with Gasteiger partial charge in [0.1, 0.15) is 12.3 Å². The first-order valence-electron chi connectivity index (χ1n) is 9.41. The van der Waals surface area contributed by atoms with E-state index in [1.54, 1.807) is 47.4 Å². The average Bonchev–Trinajstić information content (AvgIpc) is 2.72. The Labute approximate surface area is 166 Å². The van der Waals surface area contributed by atoms with Crippen LogP contribution in [-0.4, -0.2) is 46.0 Å². The number of amides is 1. The molecule has 0 aliphatic carbocycles. The van der Waals surface area contributed by atoms with E-state index in [0.29, 0.717) is 30.4 Å². The molecule has 2 aromatic carbocycles. The molecular weight excluding hydrogens is 376 g/mol. The summed E-state index contributed by atoms with van der Waals surface area (Å²) in [6.07, 6.45) is 2.03. The monoisotopic (exact) mass is 402 g/mol. The van der Waals surface area contributed by atoms with Crippen molar-refractivity contribution in [3.63, 3.8) is 0 Å². The molecule has 0 spiro atoms. The van der Waals surface area contributed by atoms with Crippen molar-refractivity contribution in [3.05, 3.63) is 54.6 Å².